The van der Waals surface area contributed by atoms with Crippen LogP contribution in [0.5, 0.6) is 0 Å². The Kier molecular flexibility index (Phi) is 4.39. The molecule has 0 bridgehead atoms. The van der Waals surface area contributed by atoms with E-state index in [0.717, 1.165) is 25.1 Å². The van der Waals surface area contributed by atoms with Gasteiger partial charge in [0.15, 0.2) is 5.82 Å². The summed E-state index contributed by atoms with van der Waals surface area (Å²) >= 11 is 0. The molecule has 0 amide bonds. The number of benzene rings is 1. The van der Waals surface area contributed by atoms with Crippen LogP contribution in [0.1, 0.15) is 17.8 Å². The molecule has 0 atom stereocenters. The second kappa shape index (κ2) is 6.04. The van der Waals surface area contributed by atoms with Gasteiger partial charge in [0.1, 0.15) is 0 Å². The summed E-state index contributed by atoms with van der Waals surface area (Å²) in [6.45, 7) is 0.813. The summed E-state index contributed by atoms with van der Waals surface area (Å²) in [5, 5.41) is 6.75. The van der Waals surface area contributed by atoms with Crippen molar-refractivity contribution in [3.8, 4) is 11.5 Å². The van der Waals surface area contributed by atoms with E-state index in [0.29, 0.717) is 12.2 Å². The first-order valence-electron chi connectivity index (χ1n) is 6.15. The fourth-order valence-electron chi connectivity index (χ4n) is 1.72. The molecule has 0 radical (unpaired) electrons. The second-order valence-corrected chi connectivity index (χ2v) is 4.30. The predicted octanol–water partition coefficient (Wildman–Crippen LogP) is 2.91. The number of rotatable bonds is 5. The molecule has 0 unspecified atom stereocenters. The van der Waals surface area contributed by atoms with E-state index in [-0.39, 0.29) is 11.5 Å². The summed E-state index contributed by atoms with van der Waals surface area (Å²) in [7, 11) is 1.84. The molecule has 0 aliphatic carbocycles. The van der Waals surface area contributed by atoms with E-state index < -0.39 is 11.7 Å². The lowest BCUT2D eigenvalue weighted by atomic mass is 10.1. The lowest BCUT2D eigenvalue weighted by molar-refractivity contribution is -0.137. The fourth-order valence-corrected chi connectivity index (χ4v) is 1.72. The highest BCUT2D eigenvalue weighted by Crippen LogP contribution is 2.31. The Bertz CT molecular complexity index is 566. The van der Waals surface area contributed by atoms with Gasteiger partial charge in [0.2, 0.25) is 0 Å². The Labute approximate surface area is 114 Å². The van der Waals surface area contributed by atoms with Gasteiger partial charge in [-0.1, -0.05) is 11.2 Å². The zero-order valence-electron chi connectivity index (χ0n) is 10.9. The van der Waals surface area contributed by atoms with E-state index in [2.05, 4.69) is 15.5 Å². The van der Waals surface area contributed by atoms with E-state index in [4.69, 9.17) is 4.52 Å². The third-order valence-electron chi connectivity index (χ3n) is 2.73. The average molecular weight is 285 g/mol. The number of hydrogen-bond acceptors (Lipinski definition) is 4. The van der Waals surface area contributed by atoms with Crippen molar-refractivity contribution in [2.75, 3.05) is 13.6 Å². The minimum atomic E-state index is -4.38. The third-order valence-corrected chi connectivity index (χ3v) is 2.73. The van der Waals surface area contributed by atoms with Crippen molar-refractivity contribution < 1.29 is 17.7 Å². The van der Waals surface area contributed by atoms with Gasteiger partial charge in [-0.25, -0.2) is 0 Å². The normalized spacial score (nSPS) is 11.8. The molecule has 0 spiro atoms. The van der Waals surface area contributed by atoms with Crippen LogP contribution in [-0.4, -0.2) is 23.7 Å². The Morgan fingerprint density at radius 1 is 1.30 bits per heavy atom. The summed E-state index contributed by atoms with van der Waals surface area (Å²) in [6.07, 6.45) is -2.94. The van der Waals surface area contributed by atoms with E-state index >= 15 is 0 Å². The van der Waals surface area contributed by atoms with Crippen molar-refractivity contribution >= 4 is 0 Å². The van der Waals surface area contributed by atoms with Crippen molar-refractivity contribution in [3.63, 3.8) is 0 Å². The Morgan fingerprint density at radius 3 is 2.80 bits per heavy atom. The number of aromatic nitrogens is 2. The van der Waals surface area contributed by atoms with Crippen molar-refractivity contribution in [2.24, 2.45) is 0 Å². The minimum absolute atomic E-state index is 0.107. The molecule has 1 heterocycles. The number of hydrogen-bond donors (Lipinski definition) is 1. The minimum Gasteiger partial charge on any atom is -0.334 e. The first-order chi connectivity index (χ1) is 9.50. The first kappa shape index (κ1) is 14.5. The number of halogens is 3. The van der Waals surface area contributed by atoms with E-state index in [1.807, 2.05) is 7.05 Å². The van der Waals surface area contributed by atoms with Gasteiger partial charge in [-0.3, -0.25) is 0 Å². The number of aryl methyl sites for hydroxylation is 1. The van der Waals surface area contributed by atoms with E-state index in [1.165, 1.54) is 12.1 Å². The lowest BCUT2D eigenvalue weighted by Crippen LogP contribution is -2.08. The van der Waals surface area contributed by atoms with Crippen LogP contribution in [0.2, 0.25) is 0 Å². The molecular formula is C13H14F3N3O. The smallest absolute Gasteiger partial charge is 0.334 e. The molecule has 2 rings (SSSR count). The van der Waals surface area contributed by atoms with Crippen molar-refractivity contribution in [3.05, 3.63) is 35.7 Å². The van der Waals surface area contributed by atoms with Crippen molar-refractivity contribution in [1.82, 2.24) is 15.5 Å². The number of nitrogens with zero attached hydrogens (tertiary/aromatic N) is 2. The molecule has 108 valence electrons. The molecule has 1 aromatic heterocycles. The summed E-state index contributed by atoms with van der Waals surface area (Å²) in [5.74, 6) is 0.600. The van der Waals surface area contributed by atoms with Crippen LogP contribution in [0, 0.1) is 0 Å². The quantitative estimate of drug-likeness (QED) is 0.858. The monoisotopic (exact) mass is 285 g/mol. The Balaban J connectivity index is 2.16. The summed E-state index contributed by atoms with van der Waals surface area (Å²) in [5.41, 5.74) is -0.461. The topological polar surface area (TPSA) is 51.0 Å². The van der Waals surface area contributed by atoms with Crippen LogP contribution in [0.15, 0.2) is 28.8 Å². The highest BCUT2D eigenvalue weighted by atomic mass is 19.4. The van der Waals surface area contributed by atoms with Gasteiger partial charge in [0.25, 0.3) is 5.89 Å². The molecule has 20 heavy (non-hydrogen) atoms. The molecule has 0 saturated carbocycles. The van der Waals surface area contributed by atoms with Gasteiger partial charge in [0.05, 0.1) is 5.56 Å². The van der Waals surface area contributed by atoms with Gasteiger partial charge >= 0.3 is 6.18 Å². The maximum absolute atomic E-state index is 12.6. The number of alkyl halides is 3. The first-order valence-corrected chi connectivity index (χ1v) is 6.15. The Morgan fingerprint density at radius 2 is 2.10 bits per heavy atom. The summed E-state index contributed by atoms with van der Waals surface area (Å²) in [6, 6.07) is 4.85. The highest BCUT2D eigenvalue weighted by Gasteiger charge is 2.30. The molecular weight excluding hydrogens is 271 g/mol. The molecule has 2 aromatic rings. The van der Waals surface area contributed by atoms with E-state index in [1.54, 1.807) is 0 Å². The molecule has 0 fully saturated rings. The average Bonchev–Trinajstić information content (AvgIpc) is 2.87. The molecule has 0 saturated heterocycles. The summed E-state index contributed by atoms with van der Waals surface area (Å²) < 4.78 is 42.9. The van der Waals surface area contributed by atoms with Crippen LogP contribution < -0.4 is 5.32 Å². The zero-order valence-corrected chi connectivity index (χ0v) is 10.9. The summed E-state index contributed by atoms with van der Waals surface area (Å²) in [4.78, 5) is 4.10. The molecule has 0 aliphatic heterocycles. The van der Waals surface area contributed by atoms with Gasteiger partial charge in [-0.15, -0.1) is 0 Å². The molecule has 1 aromatic carbocycles. The van der Waals surface area contributed by atoms with Gasteiger partial charge in [0, 0.05) is 12.0 Å². The van der Waals surface area contributed by atoms with E-state index in [9.17, 15) is 13.2 Å². The molecule has 0 aliphatic rings. The third kappa shape index (κ3) is 3.57. The van der Waals surface area contributed by atoms with Crippen LogP contribution in [-0.2, 0) is 12.6 Å². The Hall–Kier alpha value is -1.89. The van der Waals surface area contributed by atoms with Crippen LogP contribution in [0.25, 0.3) is 11.5 Å². The van der Waals surface area contributed by atoms with Gasteiger partial charge < -0.3 is 9.84 Å². The largest absolute Gasteiger partial charge is 0.416 e. The fraction of sp³-hybridized carbons (Fsp3) is 0.385. The van der Waals surface area contributed by atoms with Crippen LogP contribution in [0.3, 0.4) is 0 Å². The predicted molar refractivity (Wildman–Crippen MR) is 67.0 cm³/mol. The maximum Gasteiger partial charge on any atom is 0.416 e. The molecule has 4 nitrogen and oxygen atoms in total. The number of nitrogens with one attached hydrogen (secondary N) is 1. The van der Waals surface area contributed by atoms with Gasteiger partial charge in [-0.05, 0) is 38.2 Å². The zero-order chi connectivity index (χ0) is 14.6. The SMILES string of the molecule is CNCCCc1noc(-c2cccc(C(F)(F)F)c2)n1. The lowest BCUT2D eigenvalue weighted by Gasteiger charge is -2.06. The van der Waals surface area contributed by atoms with Gasteiger partial charge in [-0.2, -0.15) is 18.2 Å². The highest BCUT2D eigenvalue weighted by molar-refractivity contribution is 5.54. The standard InChI is InChI=1S/C13H14F3N3O/c1-17-7-3-6-11-18-12(20-19-11)9-4-2-5-10(8-9)13(14,15)16/h2,4-5,8,17H,3,6-7H2,1H3. The second-order valence-electron chi connectivity index (χ2n) is 4.30. The molecule has 7 heteroatoms. The maximum atomic E-state index is 12.6. The molecule has 1 N–H and O–H groups in total. The van der Waals surface area contributed by atoms with Crippen LogP contribution >= 0.6 is 0 Å². The van der Waals surface area contributed by atoms with Crippen LogP contribution in [0.4, 0.5) is 13.2 Å². The van der Waals surface area contributed by atoms with Crippen molar-refractivity contribution in [1.29, 1.82) is 0 Å². The van der Waals surface area contributed by atoms with Crippen molar-refractivity contribution in [2.45, 2.75) is 19.0 Å².